The van der Waals surface area contributed by atoms with Crippen molar-refractivity contribution in [2.45, 2.75) is 11.1 Å². The van der Waals surface area contributed by atoms with Crippen LogP contribution in [0.2, 0.25) is 0 Å². The van der Waals surface area contributed by atoms with Crippen LogP contribution < -0.4 is 10.1 Å². The molecule has 0 spiro atoms. The summed E-state index contributed by atoms with van der Waals surface area (Å²) in [6, 6.07) is 11.6. The molecule has 7 heteroatoms. The Morgan fingerprint density at radius 2 is 1.91 bits per heavy atom. The van der Waals surface area contributed by atoms with Crippen LogP contribution in [0.1, 0.15) is 5.56 Å². The SMILES string of the molecule is CSc1cccc(NC(=O)COc2cccc(C(F)(F)F)c2)c1. The molecular weight excluding hydrogens is 327 g/mol. The van der Waals surface area contributed by atoms with E-state index in [-0.39, 0.29) is 12.4 Å². The highest BCUT2D eigenvalue weighted by molar-refractivity contribution is 7.98. The highest BCUT2D eigenvalue weighted by Gasteiger charge is 2.30. The summed E-state index contributed by atoms with van der Waals surface area (Å²) in [5.74, 6) is -0.450. The Labute approximate surface area is 135 Å². The highest BCUT2D eigenvalue weighted by Crippen LogP contribution is 2.31. The lowest BCUT2D eigenvalue weighted by atomic mass is 10.2. The van der Waals surface area contributed by atoms with Crippen LogP contribution in [0.5, 0.6) is 5.75 Å². The van der Waals surface area contributed by atoms with Crippen LogP contribution in [0.15, 0.2) is 53.4 Å². The molecular formula is C16H14F3NO2S. The standard InChI is InChI=1S/C16H14F3NO2S/c1-23-14-7-3-5-12(9-14)20-15(21)10-22-13-6-2-4-11(8-13)16(17,18)19/h2-9H,10H2,1H3,(H,20,21). The summed E-state index contributed by atoms with van der Waals surface area (Å²) < 4.78 is 42.9. The largest absolute Gasteiger partial charge is 0.484 e. The number of hydrogen-bond acceptors (Lipinski definition) is 3. The number of carbonyl (C=O) groups excluding carboxylic acids is 1. The van der Waals surface area contributed by atoms with Gasteiger partial charge in [-0.2, -0.15) is 13.2 Å². The second-order valence-corrected chi connectivity index (χ2v) is 5.47. The van der Waals surface area contributed by atoms with Gasteiger partial charge in [-0.1, -0.05) is 12.1 Å². The fraction of sp³-hybridized carbons (Fsp3) is 0.188. The van der Waals surface area contributed by atoms with Gasteiger partial charge in [-0.25, -0.2) is 0 Å². The van der Waals surface area contributed by atoms with Gasteiger partial charge in [-0.3, -0.25) is 4.79 Å². The third-order valence-corrected chi connectivity index (χ3v) is 3.61. The second kappa shape index (κ2) is 7.41. The summed E-state index contributed by atoms with van der Waals surface area (Å²) in [6.07, 6.45) is -2.53. The molecule has 0 saturated heterocycles. The fourth-order valence-corrected chi connectivity index (χ4v) is 2.27. The van der Waals surface area contributed by atoms with Crippen LogP contribution in [-0.2, 0) is 11.0 Å². The van der Waals surface area contributed by atoms with Gasteiger partial charge in [0.2, 0.25) is 0 Å². The zero-order valence-electron chi connectivity index (χ0n) is 12.2. The van der Waals surface area contributed by atoms with E-state index in [1.807, 2.05) is 12.3 Å². The van der Waals surface area contributed by atoms with E-state index in [0.29, 0.717) is 5.69 Å². The van der Waals surface area contributed by atoms with E-state index in [4.69, 9.17) is 4.74 Å². The van der Waals surface area contributed by atoms with E-state index in [1.54, 1.807) is 18.2 Å². The van der Waals surface area contributed by atoms with Crippen molar-refractivity contribution >= 4 is 23.4 Å². The van der Waals surface area contributed by atoms with Crippen LogP contribution in [0.25, 0.3) is 0 Å². The maximum absolute atomic E-state index is 12.6. The number of thioether (sulfide) groups is 1. The van der Waals surface area contributed by atoms with E-state index >= 15 is 0 Å². The number of hydrogen-bond donors (Lipinski definition) is 1. The van der Waals surface area contributed by atoms with Crippen molar-refractivity contribution in [2.24, 2.45) is 0 Å². The first-order valence-electron chi connectivity index (χ1n) is 6.62. The van der Waals surface area contributed by atoms with Crippen molar-refractivity contribution in [1.29, 1.82) is 0 Å². The lowest BCUT2D eigenvalue weighted by Gasteiger charge is -2.10. The molecule has 2 aromatic carbocycles. The van der Waals surface area contributed by atoms with Crippen molar-refractivity contribution in [3.05, 3.63) is 54.1 Å². The Morgan fingerprint density at radius 3 is 2.61 bits per heavy atom. The van der Waals surface area contributed by atoms with Crippen LogP contribution >= 0.6 is 11.8 Å². The number of alkyl halides is 3. The molecule has 0 aromatic heterocycles. The maximum atomic E-state index is 12.6. The molecule has 0 heterocycles. The Hall–Kier alpha value is -2.15. The van der Waals surface area contributed by atoms with E-state index in [1.165, 1.54) is 23.9 Å². The normalized spacial score (nSPS) is 11.1. The summed E-state index contributed by atoms with van der Waals surface area (Å²) in [4.78, 5) is 12.8. The molecule has 1 amide bonds. The number of halogens is 3. The Kier molecular flexibility index (Phi) is 5.54. The van der Waals surface area contributed by atoms with Crippen LogP contribution in [0, 0.1) is 0 Å². The first kappa shape index (κ1) is 17.2. The number of anilines is 1. The Morgan fingerprint density at radius 1 is 1.17 bits per heavy atom. The summed E-state index contributed by atoms with van der Waals surface area (Å²) >= 11 is 1.54. The van der Waals surface area contributed by atoms with E-state index in [0.717, 1.165) is 17.0 Å². The van der Waals surface area contributed by atoms with Gasteiger partial charge in [0.1, 0.15) is 5.75 Å². The molecule has 0 atom stereocenters. The molecule has 23 heavy (non-hydrogen) atoms. The average Bonchev–Trinajstić information content (AvgIpc) is 2.52. The molecule has 0 unspecified atom stereocenters. The van der Waals surface area contributed by atoms with Gasteiger partial charge in [-0.15, -0.1) is 11.8 Å². The smallest absolute Gasteiger partial charge is 0.416 e. The van der Waals surface area contributed by atoms with Gasteiger partial charge in [-0.05, 0) is 42.7 Å². The number of benzene rings is 2. The molecule has 0 aliphatic heterocycles. The summed E-state index contributed by atoms with van der Waals surface area (Å²) in [5.41, 5.74) is -0.211. The number of carbonyl (C=O) groups is 1. The lowest BCUT2D eigenvalue weighted by Crippen LogP contribution is -2.20. The molecule has 0 fully saturated rings. The van der Waals surface area contributed by atoms with E-state index < -0.39 is 17.6 Å². The van der Waals surface area contributed by atoms with Gasteiger partial charge in [0, 0.05) is 10.6 Å². The highest BCUT2D eigenvalue weighted by atomic mass is 32.2. The molecule has 0 saturated carbocycles. The van der Waals surface area contributed by atoms with Gasteiger partial charge < -0.3 is 10.1 Å². The van der Waals surface area contributed by atoms with Crippen LogP contribution in [0.3, 0.4) is 0 Å². The van der Waals surface area contributed by atoms with Crippen molar-refractivity contribution in [2.75, 3.05) is 18.2 Å². The first-order valence-corrected chi connectivity index (χ1v) is 7.85. The van der Waals surface area contributed by atoms with Gasteiger partial charge in [0.05, 0.1) is 5.56 Å². The molecule has 0 radical (unpaired) electrons. The minimum absolute atomic E-state index is 0.00663. The minimum Gasteiger partial charge on any atom is -0.484 e. The third-order valence-electron chi connectivity index (χ3n) is 2.88. The zero-order valence-corrected chi connectivity index (χ0v) is 13.0. The Bertz CT molecular complexity index is 689. The second-order valence-electron chi connectivity index (χ2n) is 4.59. The molecule has 0 aliphatic rings. The molecule has 0 bridgehead atoms. The average molecular weight is 341 g/mol. The van der Waals surface area contributed by atoms with Gasteiger partial charge >= 0.3 is 6.18 Å². The van der Waals surface area contributed by atoms with Crippen LogP contribution in [-0.4, -0.2) is 18.8 Å². The quantitative estimate of drug-likeness (QED) is 0.817. The number of ether oxygens (including phenoxy) is 1. The molecule has 122 valence electrons. The number of rotatable bonds is 5. The van der Waals surface area contributed by atoms with Crippen molar-refractivity contribution in [3.63, 3.8) is 0 Å². The van der Waals surface area contributed by atoms with Crippen molar-refractivity contribution in [3.8, 4) is 5.75 Å². The Balaban J connectivity index is 1.94. The molecule has 2 aromatic rings. The molecule has 2 rings (SSSR count). The topological polar surface area (TPSA) is 38.3 Å². The molecule has 0 aliphatic carbocycles. The lowest BCUT2D eigenvalue weighted by molar-refractivity contribution is -0.137. The first-order chi connectivity index (χ1) is 10.9. The predicted octanol–water partition coefficient (Wildman–Crippen LogP) is 4.44. The van der Waals surface area contributed by atoms with Gasteiger partial charge in [0.15, 0.2) is 6.61 Å². The van der Waals surface area contributed by atoms with Crippen molar-refractivity contribution in [1.82, 2.24) is 0 Å². The number of amides is 1. The predicted molar refractivity (Wildman–Crippen MR) is 83.8 cm³/mol. The maximum Gasteiger partial charge on any atom is 0.416 e. The van der Waals surface area contributed by atoms with Crippen LogP contribution in [0.4, 0.5) is 18.9 Å². The van der Waals surface area contributed by atoms with E-state index in [9.17, 15) is 18.0 Å². The van der Waals surface area contributed by atoms with Crippen molar-refractivity contribution < 1.29 is 22.7 Å². The fourth-order valence-electron chi connectivity index (χ4n) is 1.81. The monoisotopic (exact) mass is 341 g/mol. The number of nitrogens with one attached hydrogen (secondary N) is 1. The minimum atomic E-state index is -4.44. The third kappa shape index (κ3) is 5.21. The summed E-state index contributed by atoms with van der Waals surface area (Å²) in [6.45, 7) is -0.370. The van der Waals surface area contributed by atoms with E-state index in [2.05, 4.69) is 5.32 Å². The van der Waals surface area contributed by atoms with Gasteiger partial charge in [0.25, 0.3) is 5.91 Å². The summed E-state index contributed by atoms with van der Waals surface area (Å²) in [7, 11) is 0. The summed E-state index contributed by atoms with van der Waals surface area (Å²) in [5, 5.41) is 2.63. The molecule has 3 nitrogen and oxygen atoms in total. The molecule has 1 N–H and O–H groups in total. The zero-order chi connectivity index (χ0) is 16.9.